The van der Waals surface area contributed by atoms with Crippen LogP contribution in [-0.2, 0) is 0 Å². The molecule has 0 radical (unpaired) electrons. The maximum atomic E-state index is 2.74. The molecule has 2 fully saturated rings. The van der Waals surface area contributed by atoms with Gasteiger partial charge >= 0.3 is 0 Å². The van der Waals surface area contributed by atoms with Crippen LogP contribution in [0.2, 0.25) is 0 Å². The third-order valence-corrected chi connectivity index (χ3v) is 6.53. The fourth-order valence-electron chi connectivity index (χ4n) is 4.30. The lowest BCUT2D eigenvalue weighted by molar-refractivity contribution is 0.0768. The number of hydrogen-bond donors (Lipinski definition) is 0. The Hall–Kier alpha value is -0.120. The highest BCUT2D eigenvalue weighted by atomic mass is 15.3. The Morgan fingerprint density at radius 1 is 0.696 bits per heavy atom. The van der Waals surface area contributed by atoms with Crippen molar-refractivity contribution in [3.8, 4) is 0 Å². The van der Waals surface area contributed by atoms with E-state index in [0.29, 0.717) is 6.04 Å². The van der Waals surface area contributed by atoms with Gasteiger partial charge in [0.15, 0.2) is 0 Å². The van der Waals surface area contributed by atoms with Gasteiger partial charge in [0.05, 0.1) is 0 Å². The molecule has 2 unspecified atom stereocenters. The van der Waals surface area contributed by atoms with Gasteiger partial charge in [0.2, 0.25) is 0 Å². The maximum absolute atomic E-state index is 2.74. The van der Waals surface area contributed by atoms with E-state index in [4.69, 9.17) is 0 Å². The summed E-state index contributed by atoms with van der Waals surface area (Å²) in [7, 11) is 0. The van der Waals surface area contributed by atoms with Crippen molar-refractivity contribution in [3.63, 3.8) is 0 Å². The molecule has 23 heavy (non-hydrogen) atoms. The number of rotatable bonds is 7. The van der Waals surface area contributed by atoms with Crippen LogP contribution in [-0.4, -0.2) is 72.1 Å². The standard InChI is InChI=1S/C20H41N3/c1-16(2)20-9-10-23(15-20)19(6)8-7-18(5)22-13-11-21(12-14-22)17(3)4/h16-20H,7-15H2,1-6H3/t18?,19?,20-/m1/s1. The SMILES string of the molecule is CC(C)[C@@H]1CCN(C(C)CCC(C)N2CCN(C(C)C)CC2)C1. The van der Waals surface area contributed by atoms with Gasteiger partial charge in [0, 0.05) is 50.8 Å². The van der Waals surface area contributed by atoms with E-state index in [1.54, 1.807) is 0 Å². The minimum absolute atomic E-state index is 0.705. The van der Waals surface area contributed by atoms with Crippen molar-refractivity contribution in [2.75, 3.05) is 39.3 Å². The van der Waals surface area contributed by atoms with Gasteiger partial charge in [-0.2, -0.15) is 0 Å². The number of piperazine rings is 1. The van der Waals surface area contributed by atoms with Gasteiger partial charge in [-0.05, 0) is 65.3 Å². The zero-order valence-electron chi connectivity index (χ0n) is 16.6. The molecule has 2 aliphatic heterocycles. The Morgan fingerprint density at radius 3 is 1.70 bits per heavy atom. The maximum Gasteiger partial charge on any atom is 0.0113 e. The molecule has 2 aliphatic rings. The van der Waals surface area contributed by atoms with Gasteiger partial charge in [-0.1, -0.05) is 13.8 Å². The molecule has 3 atom stereocenters. The second kappa shape index (κ2) is 8.82. The quantitative estimate of drug-likeness (QED) is 0.709. The van der Waals surface area contributed by atoms with E-state index in [2.05, 4.69) is 56.2 Å². The molecular formula is C20H41N3. The normalized spacial score (nSPS) is 27.9. The van der Waals surface area contributed by atoms with Gasteiger partial charge in [-0.25, -0.2) is 0 Å². The molecule has 0 aromatic carbocycles. The summed E-state index contributed by atoms with van der Waals surface area (Å²) in [5, 5.41) is 0. The fraction of sp³-hybridized carbons (Fsp3) is 1.00. The molecule has 3 nitrogen and oxygen atoms in total. The smallest absolute Gasteiger partial charge is 0.0113 e. The average Bonchev–Trinajstić information content (AvgIpc) is 3.02. The zero-order chi connectivity index (χ0) is 17.0. The summed E-state index contributed by atoms with van der Waals surface area (Å²) < 4.78 is 0. The van der Waals surface area contributed by atoms with E-state index in [-0.39, 0.29) is 0 Å². The molecule has 0 amide bonds. The second-order valence-electron chi connectivity index (χ2n) is 8.73. The molecule has 0 aromatic rings. The number of likely N-dealkylation sites (tertiary alicyclic amines) is 1. The van der Waals surface area contributed by atoms with Crippen LogP contribution >= 0.6 is 0 Å². The Labute approximate surface area is 145 Å². The Bertz CT molecular complexity index is 334. The molecule has 0 aromatic heterocycles. The van der Waals surface area contributed by atoms with E-state index in [0.717, 1.165) is 23.9 Å². The Kier molecular flexibility index (Phi) is 7.37. The lowest BCUT2D eigenvalue weighted by Crippen LogP contribution is -2.51. The fourth-order valence-corrected chi connectivity index (χ4v) is 4.30. The highest BCUT2D eigenvalue weighted by Crippen LogP contribution is 2.26. The monoisotopic (exact) mass is 323 g/mol. The predicted octanol–water partition coefficient (Wildman–Crippen LogP) is 3.55. The zero-order valence-corrected chi connectivity index (χ0v) is 16.6. The van der Waals surface area contributed by atoms with Gasteiger partial charge in [-0.3, -0.25) is 9.80 Å². The molecule has 2 saturated heterocycles. The predicted molar refractivity (Wildman–Crippen MR) is 101 cm³/mol. The minimum Gasteiger partial charge on any atom is -0.300 e. The molecule has 2 rings (SSSR count). The molecule has 0 spiro atoms. The summed E-state index contributed by atoms with van der Waals surface area (Å²) in [6.45, 7) is 22.0. The molecule has 0 N–H and O–H groups in total. The van der Waals surface area contributed by atoms with E-state index >= 15 is 0 Å². The van der Waals surface area contributed by atoms with Crippen LogP contribution in [0.3, 0.4) is 0 Å². The highest BCUT2D eigenvalue weighted by molar-refractivity contribution is 4.83. The molecule has 0 aliphatic carbocycles. The van der Waals surface area contributed by atoms with Gasteiger partial charge in [0.25, 0.3) is 0 Å². The van der Waals surface area contributed by atoms with Crippen LogP contribution in [0, 0.1) is 11.8 Å². The Balaban J connectivity index is 1.67. The first-order valence-electron chi connectivity index (χ1n) is 10.1. The lowest BCUT2D eigenvalue weighted by atomic mass is 9.95. The van der Waals surface area contributed by atoms with Crippen molar-refractivity contribution in [3.05, 3.63) is 0 Å². The number of nitrogens with zero attached hydrogens (tertiary/aromatic N) is 3. The summed E-state index contributed by atoms with van der Waals surface area (Å²) in [5.74, 6) is 1.78. The third kappa shape index (κ3) is 5.44. The highest BCUT2D eigenvalue weighted by Gasteiger charge is 2.28. The summed E-state index contributed by atoms with van der Waals surface area (Å²) in [5.41, 5.74) is 0. The first-order valence-corrected chi connectivity index (χ1v) is 10.1. The lowest BCUT2D eigenvalue weighted by Gasteiger charge is -2.40. The van der Waals surface area contributed by atoms with Gasteiger partial charge in [0.1, 0.15) is 0 Å². The first kappa shape index (κ1) is 19.2. The summed E-state index contributed by atoms with van der Waals surface area (Å²) in [4.78, 5) is 8.07. The summed E-state index contributed by atoms with van der Waals surface area (Å²) >= 11 is 0. The molecule has 136 valence electrons. The van der Waals surface area contributed by atoms with Crippen molar-refractivity contribution in [1.29, 1.82) is 0 Å². The van der Waals surface area contributed by atoms with Crippen LogP contribution in [0.1, 0.15) is 60.8 Å². The van der Waals surface area contributed by atoms with Crippen molar-refractivity contribution < 1.29 is 0 Å². The van der Waals surface area contributed by atoms with E-state index in [9.17, 15) is 0 Å². The van der Waals surface area contributed by atoms with E-state index < -0.39 is 0 Å². The topological polar surface area (TPSA) is 9.72 Å². The van der Waals surface area contributed by atoms with Crippen LogP contribution in [0.25, 0.3) is 0 Å². The molecule has 2 heterocycles. The molecular weight excluding hydrogens is 282 g/mol. The van der Waals surface area contributed by atoms with Crippen molar-refractivity contribution >= 4 is 0 Å². The minimum atomic E-state index is 0.705. The molecule has 0 saturated carbocycles. The van der Waals surface area contributed by atoms with Gasteiger partial charge in [-0.15, -0.1) is 0 Å². The van der Waals surface area contributed by atoms with Crippen molar-refractivity contribution in [1.82, 2.24) is 14.7 Å². The van der Waals surface area contributed by atoms with E-state index in [1.165, 1.54) is 58.5 Å². The van der Waals surface area contributed by atoms with Crippen LogP contribution in [0.15, 0.2) is 0 Å². The van der Waals surface area contributed by atoms with E-state index in [1.807, 2.05) is 0 Å². The molecule has 3 heteroatoms. The average molecular weight is 324 g/mol. The van der Waals surface area contributed by atoms with Gasteiger partial charge < -0.3 is 4.90 Å². The van der Waals surface area contributed by atoms with Crippen LogP contribution in [0.4, 0.5) is 0 Å². The van der Waals surface area contributed by atoms with Crippen LogP contribution < -0.4 is 0 Å². The largest absolute Gasteiger partial charge is 0.300 e. The summed E-state index contributed by atoms with van der Waals surface area (Å²) in [6.07, 6.45) is 4.12. The molecule has 0 bridgehead atoms. The number of hydrogen-bond acceptors (Lipinski definition) is 3. The van der Waals surface area contributed by atoms with Crippen LogP contribution in [0.5, 0.6) is 0 Å². The summed E-state index contributed by atoms with van der Waals surface area (Å²) in [6, 6.07) is 2.21. The van der Waals surface area contributed by atoms with Crippen molar-refractivity contribution in [2.45, 2.75) is 78.9 Å². The van der Waals surface area contributed by atoms with Crippen molar-refractivity contribution in [2.24, 2.45) is 11.8 Å². The third-order valence-electron chi connectivity index (χ3n) is 6.53. The second-order valence-corrected chi connectivity index (χ2v) is 8.73. The Morgan fingerprint density at radius 2 is 1.22 bits per heavy atom. The first-order chi connectivity index (χ1) is 10.9.